The zero-order valence-electron chi connectivity index (χ0n) is 9.65. The van der Waals surface area contributed by atoms with Gasteiger partial charge in [-0.15, -0.1) is 0 Å². The predicted molar refractivity (Wildman–Crippen MR) is 59.4 cm³/mol. The molecular weight excluding hydrogens is 228 g/mol. The number of amides is 2. The van der Waals surface area contributed by atoms with E-state index in [2.05, 4.69) is 10.6 Å². The van der Waals surface area contributed by atoms with Crippen LogP contribution >= 0.6 is 0 Å². The van der Waals surface area contributed by atoms with Crippen LogP contribution in [0, 0.1) is 0 Å². The van der Waals surface area contributed by atoms with Crippen molar-refractivity contribution in [3.05, 3.63) is 0 Å². The smallest absolute Gasteiger partial charge is 0.221 e. The Bertz CT molecular complexity index is 223. The topological polar surface area (TPSA) is 93.7 Å². The number of hydrogen-bond acceptors (Lipinski definition) is 5. The van der Waals surface area contributed by atoms with Crippen molar-refractivity contribution in [1.82, 2.24) is 10.6 Å². The van der Waals surface area contributed by atoms with Crippen molar-refractivity contribution >= 4 is 18.6 Å². The van der Waals surface area contributed by atoms with Gasteiger partial charge in [0.2, 0.25) is 12.3 Å². The van der Waals surface area contributed by atoms with Crippen LogP contribution in [0.15, 0.2) is 0 Å². The van der Waals surface area contributed by atoms with E-state index in [9.17, 15) is 14.4 Å². The Hall–Kier alpha value is -1.47. The second-order valence-electron chi connectivity index (χ2n) is 3.03. The van der Waals surface area contributed by atoms with Gasteiger partial charge in [-0.1, -0.05) is 0 Å². The number of nitrogens with one attached hydrogen (secondary N) is 2. The van der Waals surface area contributed by atoms with Crippen LogP contribution in [0.5, 0.6) is 0 Å². The van der Waals surface area contributed by atoms with Gasteiger partial charge in [0.05, 0.1) is 19.8 Å². The molecule has 0 aromatic carbocycles. The van der Waals surface area contributed by atoms with Gasteiger partial charge < -0.3 is 24.9 Å². The van der Waals surface area contributed by atoms with E-state index in [0.29, 0.717) is 45.6 Å². The fourth-order valence-electron chi connectivity index (χ4n) is 0.947. The van der Waals surface area contributed by atoms with Crippen molar-refractivity contribution in [2.45, 2.75) is 6.42 Å². The number of carbonyl (C=O) groups is 3. The van der Waals surface area contributed by atoms with Crippen molar-refractivity contribution in [2.75, 3.05) is 39.5 Å². The Morgan fingerprint density at radius 1 is 1.06 bits per heavy atom. The molecule has 7 nitrogen and oxygen atoms in total. The van der Waals surface area contributed by atoms with E-state index in [1.807, 2.05) is 0 Å². The molecule has 0 aliphatic carbocycles. The monoisotopic (exact) mass is 246 g/mol. The summed E-state index contributed by atoms with van der Waals surface area (Å²) in [7, 11) is 0. The Morgan fingerprint density at radius 3 is 2.53 bits per heavy atom. The van der Waals surface area contributed by atoms with Crippen LogP contribution in [0.3, 0.4) is 0 Å². The minimum Gasteiger partial charge on any atom is -0.377 e. The molecule has 0 aliphatic heterocycles. The standard InChI is InChI=1S/C10H18N2O5/c13-4-6-17-8-7-16-5-3-12-10(15)1-2-11-9-14/h4,9H,1-3,5-8H2,(H,11,14)(H,12,15). The molecule has 0 heterocycles. The highest BCUT2D eigenvalue weighted by molar-refractivity contribution is 5.76. The van der Waals surface area contributed by atoms with Crippen molar-refractivity contribution < 1.29 is 23.9 Å². The highest BCUT2D eigenvalue weighted by atomic mass is 16.5. The predicted octanol–water partition coefficient (Wildman–Crippen LogP) is -1.53. The fourth-order valence-corrected chi connectivity index (χ4v) is 0.947. The summed E-state index contributed by atoms with van der Waals surface area (Å²) in [6.07, 6.45) is 1.48. The molecule has 0 atom stereocenters. The molecule has 98 valence electrons. The highest BCUT2D eigenvalue weighted by Crippen LogP contribution is 1.79. The molecule has 17 heavy (non-hydrogen) atoms. The van der Waals surface area contributed by atoms with Gasteiger partial charge in [0, 0.05) is 19.5 Å². The number of hydrogen-bond donors (Lipinski definition) is 2. The van der Waals surface area contributed by atoms with Gasteiger partial charge in [-0.3, -0.25) is 9.59 Å². The molecule has 0 aliphatic rings. The third-order valence-corrected chi connectivity index (χ3v) is 1.71. The second kappa shape index (κ2) is 12.6. The largest absolute Gasteiger partial charge is 0.377 e. The average Bonchev–Trinajstić information content (AvgIpc) is 2.33. The van der Waals surface area contributed by atoms with E-state index in [0.717, 1.165) is 0 Å². The maximum Gasteiger partial charge on any atom is 0.221 e. The van der Waals surface area contributed by atoms with Gasteiger partial charge in [-0.25, -0.2) is 0 Å². The van der Waals surface area contributed by atoms with Gasteiger partial charge >= 0.3 is 0 Å². The van der Waals surface area contributed by atoms with Crippen LogP contribution in [0.2, 0.25) is 0 Å². The quantitative estimate of drug-likeness (QED) is 0.322. The molecule has 0 bridgehead atoms. The van der Waals surface area contributed by atoms with E-state index < -0.39 is 0 Å². The average molecular weight is 246 g/mol. The van der Waals surface area contributed by atoms with Crippen LogP contribution in [0.4, 0.5) is 0 Å². The number of ether oxygens (including phenoxy) is 2. The summed E-state index contributed by atoms with van der Waals surface area (Å²) in [5, 5.41) is 5.02. The Morgan fingerprint density at radius 2 is 1.82 bits per heavy atom. The first-order chi connectivity index (χ1) is 8.31. The van der Waals surface area contributed by atoms with Crippen molar-refractivity contribution in [3.63, 3.8) is 0 Å². The zero-order valence-corrected chi connectivity index (χ0v) is 9.65. The van der Waals surface area contributed by atoms with Crippen LogP contribution in [0.25, 0.3) is 0 Å². The molecule has 0 spiro atoms. The normalized spacial score (nSPS) is 9.65. The summed E-state index contributed by atoms with van der Waals surface area (Å²) >= 11 is 0. The molecule has 0 aromatic heterocycles. The van der Waals surface area contributed by atoms with Gasteiger partial charge in [-0.2, -0.15) is 0 Å². The van der Waals surface area contributed by atoms with Crippen LogP contribution in [-0.2, 0) is 23.9 Å². The zero-order chi connectivity index (χ0) is 12.8. The first-order valence-corrected chi connectivity index (χ1v) is 5.34. The molecule has 0 saturated heterocycles. The summed E-state index contributed by atoms with van der Waals surface area (Å²) in [6.45, 7) is 1.94. The van der Waals surface area contributed by atoms with E-state index >= 15 is 0 Å². The molecule has 7 heteroatoms. The first kappa shape index (κ1) is 15.5. The van der Waals surface area contributed by atoms with E-state index in [4.69, 9.17) is 9.47 Å². The molecule has 0 fully saturated rings. The molecule has 0 radical (unpaired) electrons. The van der Waals surface area contributed by atoms with E-state index in [1.54, 1.807) is 0 Å². The van der Waals surface area contributed by atoms with Gasteiger partial charge in [0.1, 0.15) is 12.9 Å². The van der Waals surface area contributed by atoms with Crippen molar-refractivity contribution in [3.8, 4) is 0 Å². The minimum absolute atomic E-state index is 0.0732. The van der Waals surface area contributed by atoms with Crippen LogP contribution in [-0.4, -0.2) is 58.1 Å². The number of rotatable bonds is 12. The first-order valence-electron chi connectivity index (χ1n) is 5.34. The summed E-state index contributed by atoms with van der Waals surface area (Å²) in [5.41, 5.74) is 0. The Kier molecular flexibility index (Phi) is 11.5. The molecular formula is C10H18N2O5. The highest BCUT2D eigenvalue weighted by Gasteiger charge is 1.98. The molecule has 0 aromatic rings. The number of carbonyl (C=O) groups excluding carboxylic acids is 3. The SMILES string of the molecule is O=CCOCCOCCNC(=O)CCNC=O. The Balaban J connectivity index is 3.13. The lowest BCUT2D eigenvalue weighted by Gasteiger charge is -2.06. The van der Waals surface area contributed by atoms with Gasteiger partial charge in [0.25, 0.3) is 0 Å². The number of aldehydes is 1. The van der Waals surface area contributed by atoms with Gasteiger partial charge in [-0.05, 0) is 0 Å². The lowest BCUT2D eigenvalue weighted by Crippen LogP contribution is -2.30. The third-order valence-electron chi connectivity index (χ3n) is 1.71. The summed E-state index contributed by atoms with van der Waals surface area (Å²) in [5.74, 6) is -0.139. The fraction of sp³-hybridized carbons (Fsp3) is 0.700. The molecule has 0 unspecified atom stereocenters. The van der Waals surface area contributed by atoms with E-state index in [-0.39, 0.29) is 18.9 Å². The molecule has 0 rings (SSSR count). The lowest BCUT2D eigenvalue weighted by atomic mass is 10.4. The third kappa shape index (κ3) is 12.5. The lowest BCUT2D eigenvalue weighted by molar-refractivity contribution is -0.121. The summed E-state index contributed by atoms with van der Waals surface area (Å²) in [6, 6.07) is 0. The summed E-state index contributed by atoms with van der Waals surface area (Å²) < 4.78 is 9.98. The minimum atomic E-state index is -0.139. The second-order valence-corrected chi connectivity index (χ2v) is 3.03. The van der Waals surface area contributed by atoms with Crippen LogP contribution < -0.4 is 10.6 Å². The maximum atomic E-state index is 11.1. The molecule has 0 saturated carbocycles. The van der Waals surface area contributed by atoms with E-state index in [1.165, 1.54) is 0 Å². The van der Waals surface area contributed by atoms with Crippen LogP contribution in [0.1, 0.15) is 6.42 Å². The van der Waals surface area contributed by atoms with Crippen molar-refractivity contribution in [1.29, 1.82) is 0 Å². The molecule has 2 N–H and O–H groups in total. The maximum absolute atomic E-state index is 11.1. The Labute approximate surface area is 99.8 Å². The summed E-state index contributed by atoms with van der Waals surface area (Å²) in [4.78, 5) is 30.9. The van der Waals surface area contributed by atoms with Crippen molar-refractivity contribution in [2.24, 2.45) is 0 Å². The molecule has 2 amide bonds. The van der Waals surface area contributed by atoms with Gasteiger partial charge in [0.15, 0.2) is 0 Å².